The molecule has 0 aliphatic heterocycles. The van der Waals surface area contributed by atoms with Crippen LogP contribution in [0, 0.1) is 11.6 Å². The summed E-state index contributed by atoms with van der Waals surface area (Å²) in [5, 5.41) is 5.04. The number of nitrogens with zero attached hydrogens (tertiary/aromatic N) is 2. The molecule has 6 nitrogen and oxygen atoms in total. The van der Waals surface area contributed by atoms with Gasteiger partial charge in [0.05, 0.1) is 5.69 Å². The minimum atomic E-state index is -0.897. The van der Waals surface area contributed by atoms with E-state index >= 15 is 0 Å². The standard InChI is InChI=1S/C21H18F2N4O2/c1-27(2)16-6-4-15(5-7-16)25-21(29)19-11-13(9-10-24-19)20(28)26-18-8-3-14(22)12-17(18)23/h3-12H,1-2H3,(H,25,29)(H,26,28). The summed E-state index contributed by atoms with van der Waals surface area (Å²) in [7, 11) is 3.82. The monoisotopic (exact) mass is 396 g/mol. The van der Waals surface area contributed by atoms with Crippen molar-refractivity contribution in [1.82, 2.24) is 4.98 Å². The molecule has 2 N–H and O–H groups in total. The van der Waals surface area contributed by atoms with Crippen molar-refractivity contribution in [3.8, 4) is 0 Å². The van der Waals surface area contributed by atoms with Crippen LogP contribution in [0.5, 0.6) is 0 Å². The molecular weight excluding hydrogens is 378 g/mol. The third kappa shape index (κ3) is 4.92. The number of benzene rings is 2. The largest absolute Gasteiger partial charge is 0.378 e. The van der Waals surface area contributed by atoms with E-state index in [4.69, 9.17) is 0 Å². The maximum absolute atomic E-state index is 13.7. The van der Waals surface area contributed by atoms with Gasteiger partial charge in [-0.05, 0) is 48.5 Å². The van der Waals surface area contributed by atoms with E-state index in [1.807, 2.05) is 31.1 Å². The number of aromatic nitrogens is 1. The molecule has 0 saturated carbocycles. The van der Waals surface area contributed by atoms with Crippen LogP contribution in [-0.2, 0) is 0 Å². The number of hydrogen-bond acceptors (Lipinski definition) is 4. The van der Waals surface area contributed by atoms with E-state index in [1.165, 1.54) is 18.3 Å². The zero-order valence-electron chi connectivity index (χ0n) is 15.7. The van der Waals surface area contributed by atoms with E-state index in [0.717, 1.165) is 17.8 Å². The average Bonchev–Trinajstić information content (AvgIpc) is 2.70. The first-order valence-electron chi connectivity index (χ1n) is 8.64. The number of nitrogens with one attached hydrogen (secondary N) is 2. The fraction of sp³-hybridized carbons (Fsp3) is 0.0952. The summed E-state index contributed by atoms with van der Waals surface area (Å²) >= 11 is 0. The summed E-state index contributed by atoms with van der Waals surface area (Å²) in [5.74, 6) is -2.79. The first-order chi connectivity index (χ1) is 13.8. The molecule has 0 aliphatic carbocycles. The number of pyridine rings is 1. The number of hydrogen-bond donors (Lipinski definition) is 2. The molecule has 1 aromatic heterocycles. The second-order valence-corrected chi connectivity index (χ2v) is 6.40. The maximum Gasteiger partial charge on any atom is 0.274 e. The minimum absolute atomic E-state index is 0.0221. The van der Waals surface area contributed by atoms with Gasteiger partial charge in [0.25, 0.3) is 11.8 Å². The van der Waals surface area contributed by atoms with Crippen molar-refractivity contribution in [2.24, 2.45) is 0 Å². The smallest absolute Gasteiger partial charge is 0.274 e. The van der Waals surface area contributed by atoms with Crippen LogP contribution in [0.1, 0.15) is 20.8 Å². The molecule has 0 fully saturated rings. The number of anilines is 3. The fourth-order valence-electron chi connectivity index (χ4n) is 2.52. The Bertz CT molecular complexity index is 1050. The van der Waals surface area contributed by atoms with Gasteiger partial charge in [0.1, 0.15) is 17.3 Å². The maximum atomic E-state index is 13.7. The van der Waals surface area contributed by atoms with E-state index in [1.54, 1.807) is 12.1 Å². The SMILES string of the molecule is CN(C)c1ccc(NC(=O)c2cc(C(=O)Nc3ccc(F)cc3F)ccn2)cc1. The molecule has 0 spiro atoms. The second kappa shape index (κ2) is 8.47. The quantitative estimate of drug-likeness (QED) is 0.685. The number of carbonyl (C=O) groups excluding carboxylic acids is 2. The van der Waals surface area contributed by atoms with Gasteiger partial charge < -0.3 is 15.5 Å². The van der Waals surface area contributed by atoms with E-state index in [9.17, 15) is 18.4 Å². The zero-order valence-corrected chi connectivity index (χ0v) is 15.7. The first-order valence-corrected chi connectivity index (χ1v) is 8.64. The third-order valence-electron chi connectivity index (χ3n) is 4.08. The molecule has 0 atom stereocenters. The van der Waals surface area contributed by atoms with E-state index in [0.29, 0.717) is 11.8 Å². The van der Waals surface area contributed by atoms with Gasteiger partial charge in [-0.2, -0.15) is 0 Å². The molecule has 3 aromatic rings. The Balaban J connectivity index is 1.72. The number of carbonyl (C=O) groups is 2. The Morgan fingerprint density at radius 2 is 1.62 bits per heavy atom. The molecule has 0 aliphatic rings. The van der Waals surface area contributed by atoms with Crippen LogP contribution in [-0.4, -0.2) is 30.9 Å². The predicted molar refractivity (Wildman–Crippen MR) is 107 cm³/mol. The lowest BCUT2D eigenvalue weighted by molar-refractivity contribution is 0.102. The summed E-state index contributed by atoms with van der Waals surface area (Å²) in [6.07, 6.45) is 1.31. The Kier molecular flexibility index (Phi) is 5.82. The molecule has 0 unspecified atom stereocenters. The van der Waals surface area contributed by atoms with Crippen molar-refractivity contribution in [3.63, 3.8) is 0 Å². The highest BCUT2D eigenvalue weighted by Crippen LogP contribution is 2.18. The number of amides is 2. The Labute approximate surface area is 166 Å². The van der Waals surface area contributed by atoms with Crippen molar-refractivity contribution in [1.29, 1.82) is 0 Å². The molecule has 8 heteroatoms. The van der Waals surface area contributed by atoms with Gasteiger partial charge in [0.2, 0.25) is 0 Å². The molecule has 0 saturated heterocycles. The van der Waals surface area contributed by atoms with Gasteiger partial charge >= 0.3 is 0 Å². The third-order valence-corrected chi connectivity index (χ3v) is 4.08. The summed E-state index contributed by atoms with van der Waals surface area (Å²) in [6.45, 7) is 0. The van der Waals surface area contributed by atoms with Crippen molar-refractivity contribution in [2.75, 3.05) is 29.6 Å². The number of rotatable bonds is 5. The molecule has 0 bridgehead atoms. The molecule has 0 radical (unpaired) electrons. The van der Waals surface area contributed by atoms with Crippen molar-refractivity contribution in [3.05, 3.63) is 83.7 Å². The van der Waals surface area contributed by atoms with E-state index < -0.39 is 23.4 Å². The van der Waals surface area contributed by atoms with Gasteiger partial charge in [-0.1, -0.05) is 0 Å². The van der Waals surface area contributed by atoms with Crippen LogP contribution in [0.15, 0.2) is 60.8 Å². The van der Waals surface area contributed by atoms with Crippen molar-refractivity contribution < 1.29 is 18.4 Å². The van der Waals surface area contributed by atoms with Gasteiger partial charge in [0.15, 0.2) is 0 Å². The zero-order chi connectivity index (χ0) is 21.0. The Morgan fingerprint density at radius 3 is 2.28 bits per heavy atom. The van der Waals surface area contributed by atoms with Crippen LogP contribution in [0.2, 0.25) is 0 Å². The molecule has 1 heterocycles. The highest BCUT2D eigenvalue weighted by Gasteiger charge is 2.14. The molecule has 2 amide bonds. The van der Waals surface area contributed by atoms with E-state index in [2.05, 4.69) is 15.6 Å². The van der Waals surface area contributed by atoms with Crippen molar-refractivity contribution in [2.45, 2.75) is 0 Å². The van der Waals surface area contributed by atoms with Gasteiger partial charge in [-0.15, -0.1) is 0 Å². The normalized spacial score (nSPS) is 10.3. The molecular formula is C21H18F2N4O2. The Hall–Kier alpha value is -3.81. The van der Waals surface area contributed by atoms with Crippen LogP contribution in [0.4, 0.5) is 25.8 Å². The average molecular weight is 396 g/mol. The number of halogens is 2. The van der Waals surface area contributed by atoms with Gasteiger partial charge in [0, 0.05) is 43.3 Å². The lowest BCUT2D eigenvalue weighted by atomic mass is 10.2. The summed E-state index contributed by atoms with van der Waals surface area (Å²) < 4.78 is 26.7. The van der Waals surface area contributed by atoms with Crippen LogP contribution < -0.4 is 15.5 Å². The predicted octanol–water partition coefficient (Wildman–Crippen LogP) is 3.93. The van der Waals surface area contributed by atoms with E-state index in [-0.39, 0.29) is 16.9 Å². The molecule has 148 valence electrons. The lowest BCUT2D eigenvalue weighted by Gasteiger charge is -2.13. The van der Waals surface area contributed by atoms with Gasteiger partial charge in [-0.3, -0.25) is 14.6 Å². The van der Waals surface area contributed by atoms with Crippen LogP contribution in [0.3, 0.4) is 0 Å². The lowest BCUT2D eigenvalue weighted by Crippen LogP contribution is -2.17. The summed E-state index contributed by atoms with van der Waals surface area (Å²) in [4.78, 5) is 30.7. The molecule has 3 rings (SSSR count). The second-order valence-electron chi connectivity index (χ2n) is 6.40. The topological polar surface area (TPSA) is 74.3 Å². The van der Waals surface area contributed by atoms with Gasteiger partial charge in [-0.25, -0.2) is 8.78 Å². The fourth-order valence-corrected chi connectivity index (χ4v) is 2.52. The van der Waals surface area contributed by atoms with Crippen LogP contribution in [0.25, 0.3) is 0 Å². The highest BCUT2D eigenvalue weighted by molar-refractivity contribution is 6.07. The summed E-state index contributed by atoms with van der Waals surface area (Å²) in [5.41, 5.74) is 1.52. The summed E-state index contributed by atoms with van der Waals surface area (Å²) in [6, 6.07) is 12.7. The van der Waals surface area contributed by atoms with Crippen LogP contribution >= 0.6 is 0 Å². The first kappa shape index (κ1) is 19.9. The molecule has 2 aromatic carbocycles. The van der Waals surface area contributed by atoms with Crippen molar-refractivity contribution >= 4 is 28.9 Å². The molecule has 29 heavy (non-hydrogen) atoms. The minimum Gasteiger partial charge on any atom is -0.378 e. The highest BCUT2D eigenvalue weighted by atomic mass is 19.1. The Morgan fingerprint density at radius 1 is 0.897 bits per heavy atom.